The predicted molar refractivity (Wildman–Crippen MR) is 24.6 cm³/mol. The normalized spacial score (nSPS) is 26.3. The van der Waals surface area contributed by atoms with Crippen LogP contribution in [0.1, 0.15) is 0 Å². The molecule has 1 atom stereocenters. The van der Waals surface area contributed by atoms with Crippen LogP contribution < -0.4 is 11.0 Å². The van der Waals surface area contributed by atoms with Crippen LogP contribution in [0.5, 0.6) is 0 Å². The molecular formula is C3H4F3N3. The predicted octanol–water partition coefficient (Wildman–Crippen LogP) is 0.0109. The Labute approximate surface area is 48.9 Å². The minimum atomic E-state index is -4.24. The van der Waals surface area contributed by atoms with Gasteiger partial charge in [-0.2, -0.15) is 18.3 Å². The molecule has 9 heavy (non-hydrogen) atoms. The van der Waals surface area contributed by atoms with Crippen molar-refractivity contribution in [1.29, 1.82) is 0 Å². The quantitative estimate of drug-likeness (QED) is 0.496. The molecule has 0 bridgehead atoms. The Morgan fingerprint density at radius 2 is 2.11 bits per heavy atom. The van der Waals surface area contributed by atoms with Crippen molar-refractivity contribution in [2.45, 2.75) is 12.2 Å². The van der Waals surface area contributed by atoms with E-state index in [1.54, 1.807) is 0 Å². The molecule has 1 aliphatic rings. The minimum absolute atomic E-state index is 0.764. The third kappa shape index (κ3) is 1.32. The first-order valence-corrected chi connectivity index (χ1v) is 2.21. The Morgan fingerprint density at radius 1 is 1.44 bits per heavy atom. The van der Waals surface area contributed by atoms with Crippen molar-refractivity contribution in [3.8, 4) is 0 Å². The maximum Gasteiger partial charge on any atom is 0.410 e. The summed E-state index contributed by atoms with van der Waals surface area (Å²) < 4.78 is 34.7. The van der Waals surface area contributed by atoms with Gasteiger partial charge in [-0.25, -0.2) is 11.0 Å². The van der Waals surface area contributed by atoms with Crippen LogP contribution >= 0.6 is 0 Å². The second-order valence-electron chi connectivity index (χ2n) is 1.55. The number of rotatable bonds is 0. The fourth-order valence-electron chi connectivity index (χ4n) is 0.422. The van der Waals surface area contributed by atoms with Crippen LogP contribution in [0.15, 0.2) is 5.10 Å². The van der Waals surface area contributed by atoms with E-state index in [2.05, 4.69) is 5.10 Å². The molecule has 0 saturated heterocycles. The summed E-state index contributed by atoms with van der Waals surface area (Å²) in [4.78, 5) is 0. The molecule has 0 aliphatic carbocycles. The number of hydrazone groups is 1. The molecule has 0 saturated carbocycles. The molecule has 1 heterocycles. The second-order valence-corrected chi connectivity index (χ2v) is 1.55. The van der Waals surface area contributed by atoms with E-state index >= 15 is 0 Å². The van der Waals surface area contributed by atoms with Crippen molar-refractivity contribution < 1.29 is 13.2 Å². The van der Waals surface area contributed by atoms with Crippen molar-refractivity contribution in [3.05, 3.63) is 0 Å². The van der Waals surface area contributed by atoms with Gasteiger partial charge in [0.05, 0.1) is 6.21 Å². The highest BCUT2D eigenvalue weighted by atomic mass is 19.4. The smallest absolute Gasteiger partial charge is 0.242 e. The Hall–Kier alpha value is -0.780. The van der Waals surface area contributed by atoms with Crippen LogP contribution in [0.4, 0.5) is 13.2 Å². The summed E-state index contributed by atoms with van der Waals surface area (Å²) in [6.45, 7) is 0. The lowest BCUT2D eigenvalue weighted by Gasteiger charge is -2.10. The summed E-state index contributed by atoms with van der Waals surface area (Å²) in [7, 11) is 0. The zero-order chi connectivity index (χ0) is 6.91. The number of hydrogen-bond acceptors (Lipinski definition) is 3. The maximum atomic E-state index is 11.6. The van der Waals surface area contributed by atoms with E-state index in [0.717, 1.165) is 6.21 Å². The molecule has 6 heteroatoms. The number of hydrogen-bond donors (Lipinski definition) is 2. The lowest BCUT2D eigenvalue weighted by Crippen LogP contribution is -2.43. The largest absolute Gasteiger partial charge is 0.410 e. The van der Waals surface area contributed by atoms with Gasteiger partial charge in [-0.3, -0.25) is 0 Å². The maximum absolute atomic E-state index is 11.6. The highest BCUT2D eigenvalue weighted by Gasteiger charge is 2.40. The molecule has 1 unspecified atom stereocenters. The number of nitrogens with one attached hydrogen (secondary N) is 2. The average Bonchev–Trinajstić information content (AvgIpc) is 2.08. The van der Waals surface area contributed by atoms with Crippen molar-refractivity contribution in [3.63, 3.8) is 0 Å². The molecule has 0 aromatic heterocycles. The molecular weight excluding hydrogens is 135 g/mol. The van der Waals surface area contributed by atoms with Crippen molar-refractivity contribution >= 4 is 6.21 Å². The number of nitrogens with zero attached hydrogens (tertiary/aromatic N) is 1. The first-order valence-electron chi connectivity index (χ1n) is 2.21. The van der Waals surface area contributed by atoms with Gasteiger partial charge in [0.2, 0.25) is 0 Å². The van der Waals surface area contributed by atoms with E-state index in [4.69, 9.17) is 0 Å². The van der Waals surface area contributed by atoms with Crippen molar-refractivity contribution in [2.75, 3.05) is 0 Å². The molecule has 1 aliphatic heterocycles. The Bertz CT molecular complexity index is 129. The molecule has 0 aromatic carbocycles. The number of halogens is 3. The van der Waals surface area contributed by atoms with Gasteiger partial charge in [-0.15, -0.1) is 0 Å². The van der Waals surface area contributed by atoms with Gasteiger partial charge < -0.3 is 0 Å². The zero-order valence-corrected chi connectivity index (χ0v) is 4.24. The summed E-state index contributed by atoms with van der Waals surface area (Å²) in [6, 6.07) is -1.64. The van der Waals surface area contributed by atoms with E-state index in [9.17, 15) is 13.2 Å². The van der Waals surface area contributed by atoms with E-state index in [1.165, 1.54) is 0 Å². The van der Waals surface area contributed by atoms with E-state index in [-0.39, 0.29) is 0 Å². The van der Waals surface area contributed by atoms with Crippen LogP contribution in [-0.2, 0) is 0 Å². The second kappa shape index (κ2) is 1.87. The van der Waals surface area contributed by atoms with Crippen LogP contribution in [0.25, 0.3) is 0 Å². The molecule has 3 nitrogen and oxygen atoms in total. The molecule has 0 amide bonds. The molecule has 0 radical (unpaired) electrons. The number of alkyl halides is 3. The fourth-order valence-corrected chi connectivity index (χ4v) is 0.422. The Balaban J connectivity index is 2.53. The molecule has 1 rings (SSSR count). The van der Waals surface area contributed by atoms with Gasteiger partial charge in [-0.1, -0.05) is 0 Å². The standard InChI is InChI=1S/C3H4F3N3/c4-3(5,6)2-1-7-9-8-2/h1-2,8-9H. The van der Waals surface area contributed by atoms with Crippen LogP contribution in [-0.4, -0.2) is 18.4 Å². The van der Waals surface area contributed by atoms with Crippen molar-refractivity contribution in [2.24, 2.45) is 5.10 Å². The molecule has 0 fully saturated rings. The van der Waals surface area contributed by atoms with Gasteiger partial charge in [0.25, 0.3) is 0 Å². The van der Waals surface area contributed by atoms with Crippen LogP contribution in [0.2, 0.25) is 0 Å². The van der Waals surface area contributed by atoms with Gasteiger partial charge in [0.15, 0.2) is 6.04 Å². The average molecular weight is 139 g/mol. The summed E-state index contributed by atoms with van der Waals surface area (Å²) in [5.41, 5.74) is 3.88. The monoisotopic (exact) mass is 139 g/mol. The van der Waals surface area contributed by atoms with E-state index in [1.807, 2.05) is 11.0 Å². The van der Waals surface area contributed by atoms with Crippen molar-refractivity contribution in [1.82, 2.24) is 11.0 Å². The lowest BCUT2D eigenvalue weighted by molar-refractivity contribution is -0.138. The highest BCUT2D eigenvalue weighted by Crippen LogP contribution is 2.19. The summed E-state index contributed by atoms with van der Waals surface area (Å²) in [6.07, 6.45) is -3.48. The first kappa shape index (κ1) is 6.34. The number of hydrazine groups is 1. The fraction of sp³-hybridized carbons (Fsp3) is 0.667. The minimum Gasteiger partial charge on any atom is -0.242 e. The van der Waals surface area contributed by atoms with Gasteiger partial charge in [-0.05, 0) is 0 Å². The SMILES string of the molecule is FC(F)(F)C1C=NNN1. The molecule has 0 spiro atoms. The van der Waals surface area contributed by atoms with Crippen LogP contribution in [0, 0.1) is 0 Å². The molecule has 2 N–H and O–H groups in total. The first-order chi connectivity index (χ1) is 4.11. The Kier molecular flexibility index (Phi) is 1.32. The molecule has 52 valence electrons. The summed E-state index contributed by atoms with van der Waals surface area (Å²) >= 11 is 0. The topological polar surface area (TPSA) is 36.4 Å². The van der Waals surface area contributed by atoms with E-state index < -0.39 is 12.2 Å². The highest BCUT2D eigenvalue weighted by molar-refractivity contribution is 5.66. The van der Waals surface area contributed by atoms with E-state index in [0.29, 0.717) is 0 Å². The van der Waals surface area contributed by atoms with Gasteiger partial charge in [0.1, 0.15) is 0 Å². The third-order valence-corrected chi connectivity index (χ3v) is 0.861. The summed E-state index contributed by atoms with van der Waals surface area (Å²) in [5, 5.41) is 3.13. The lowest BCUT2D eigenvalue weighted by atomic mass is 10.3. The third-order valence-electron chi connectivity index (χ3n) is 0.861. The van der Waals surface area contributed by atoms with Crippen LogP contribution in [0.3, 0.4) is 0 Å². The zero-order valence-electron chi connectivity index (χ0n) is 4.24. The Morgan fingerprint density at radius 3 is 2.33 bits per heavy atom. The van der Waals surface area contributed by atoms with Gasteiger partial charge >= 0.3 is 6.18 Å². The molecule has 0 aromatic rings. The van der Waals surface area contributed by atoms with Gasteiger partial charge in [0, 0.05) is 0 Å². The summed E-state index contributed by atoms with van der Waals surface area (Å²) in [5.74, 6) is 0.